The number of nitrogens with two attached hydrogens (primary N) is 1. The zero-order chi connectivity index (χ0) is 10.4. The van der Waals surface area contributed by atoms with Gasteiger partial charge in [-0.1, -0.05) is 42.8 Å². The molecule has 0 aromatic rings. The van der Waals surface area contributed by atoms with E-state index in [-0.39, 0.29) is 0 Å². The van der Waals surface area contributed by atoms with Crippen LogP contribution in [0.5, 0.6) is 0 Å². The molecule has 0 aliphatic carbocycles. The van der Waals surface area contributed by atoms with Crippen LogP contribution in [0.1, 0.15) is 40.5 Å². The predicted octanol–water partition coefficient (Wildman–Crippen LogP) is 3.68. The van der Waals surface area contributed by atoms with Crippen LogP contribution >= 0.6 is 15.9 Å². The fourth-order valence-corrected chi connectivity index (χ4v) is 1.43. The van der Waals surface area contributed by atoms with Crippen molar-refractivity contribution in [2.24, 2.45) is 17.6 Å². The molecule has 0 bridgehead atoms. The maximum Gasteiger partial charge on any atom is 0.00621 e. The molecule has 0 aromatic heterocycles. The van der Waals surface area contributed by atoms with Gasteiger partial charge < -0.3 is 5.73 Å². The summed E-state index contributed by atoms with van der Waals surface area (Å²) >= 11 is 3.55. The topological polar surface area (TPSA) is 26.0 Å². The fraction of sp³-hybridized carbons (Fsp3) is 0.818. The highest BCUT2D eigenvalue weighted by Gasteiger charge is 2.11. The smallest absolute Gasteiger partial charge is 0.00621 e. The van der Waals surface area contributed by atoms with Crippen LogP contribution in [0.25, 0.3) is 0 Å². The van der Waals surface area contributed by atoms with Gasteiger partial charge in [0, 0.05) is 6.04 Å². The summed E-state index contributed by atoms with van der Waals surface area (Å²) in [6, 6.07) is 0.347. The third-order valence-electron chi connectivity index (χ3n) is 2.54. The van der Waals surface area contributed by atoms with E-state index in [0.717, 1.165) is 6.42 Å². The Morgan fingerprint density at radius 2 is 1.85 bits per heavy atom. The van der Waals surface area contributed by atoms with Crippen molar-refractivity contribution < 1.29 is 0 Å². The van der Waals surface area contributed by atoms with Crippen LogP contribution < -0.4 is 5.73 Å². The summed E-state index contributed by atoms with van der Waals surface area (Å²) in [7, 11) is 0. The van der Waals surface area contributed by atoms with Crippen LogP contribution in [0.15, 0.2) is 10.6 Å². The minimum Gasteiger partial charge on any atom is -0.327 e. The second-order valence-corrected chi connectivity index (χ2v) is 4.98. The van der Waals surface area contributed by atoms with Gasteiger partial charge in [0.25, 0.3) is 0 Å². The van der Waals surface area contributed by atoms with Crippen LogP contribution in [0.2, 0.25) is 0 Å². The predicted molar refractivity (Wildman–Crippen MR) is 63.9 cm³/mol. The van der Waals surface area contributed by atoms with Crippen molar-refractivity contribution in [2.75, 3.05) is 0 Å². The van der Waals surface area contributed by atoms with Crippen LogP contribution in [-0.4, -0.2) is 6.04 Å². The van der Waals surface area contributed by atoms with Crippen molar-refractivity contribution in [2.45, 2.75) is 46.6 Å². The van der Waals surface area contributed by atoms with Gasteiger partial charge >= 0.3 is 0 Å². The molecule has 0 radical (unpaired) electrons. The van der Waals surface area contributed by atoms with E-state index in [1.165, 1.54) is 10.9 Å². The van der Waals surface area contributed by atoms with Gasteiger partial charge in [0.1, 0.15) is 0 Å². The monoisotopic (exact) mass is 247 g/mol. The fourth-order valence-electron chi connectivity index (χ4n) is 1.20. The minimum absolute atomic E-state index is 0.347. The van der Waals surface area contributed by atoms with Gasteiger partial charge in [-0.05, 0) is 36.1 Å². The molecule has 2 N–H and O–H groups in total. The normalized spacial score (nSPS) is 17.6. The quantitative estimate of drug-likeness (QED) is 0.789. The second kappa shape index (κ2) is 6.61. The first-order valence-electron chi connectivity index (χ1n) is 5.06. The van der Waals surface area contributed by atoms with Crippen LogP contribution in [0.3, 0.4) is 0 Å². The lowest BCUT2D eigenvalue weighted by atomic mass is 9.95. The van der Waals surface area contributed by atoms with Crippen LogP contribution in [-0.2, 0) is 0 Å². The first kappa shape index (κ1) is 13.2. The molecule has 1 nitrogen and oxygen atoms in total. The number of hydrogen-bond acceptors (Lipinski definition) is 1. The van der Waals surface area contributed by atoms with Gasteiger partial charge in [-0.3, -0.25) is 0 Å². The van der Waals surface area contributed by atoms with Gasteiger partial charge in [0.2, 0.25) is 0 Å². The molecular formula is C11H22BrN. The summed E-state index contributed by atoms with van der Waals surface area (Å²) < 4.78 is 1.29. The summed E-state index contributed by atoms with van der Waals surface area (Å²) in [5.41, 5.74) is 5.97. The summed E-state index contributed by atoms with van der Waals surface area (Å²) in [6.45, 7) is 8.65. The molecule has 0 heterocycles. The molecule has 2 unspecified atom stereocenters. The number of hydrogen-bond donors (Lipinski definition) is 1. The lowest BCUT2D eigenvalue weighted by molar-refractivity contribution is 0.429. The molecule has 13 heavy (non-hydrogen) atoms. The molecule has 0 aromatic carbocycles. The zero-order valence-corrected chi connectivity index (χ0v) is 10.8. The molecule has 2 heteroatoms. The largest absolute Gasteiger partial charge is 0.327 e. The Kier molecular flexibility index (Phi) is 6.70. The van der Waals surface area contributed by atoms with Crippen molar-refractivity contribution in [3.05, 3.63) is 10.6 Å². The lowest BCUT2D eigenvalue weighted by Crippen LogP contribution is -2.26. The van der Waals surface area contributed by atoms with Gasteiger partial charge in [-0.2, -0.15) is 0 Å². The van der Waals surface area contributed by atoms with Crippen molar-refractivity contribution >= 4 is 15.9 Å². The van der Waals surface area contributed by atoms with E-state index < -0.39 is 0 Å². The molecule has 0 fully saturated rings. The highest BCUT2D eigenvalue weighted by Crippen LogP contribution is 2.23. The number of rotatable bonds is 5. The SMILES string of the molecule is CC=C(Br)C(C)CCC(N)C(C)C. The summed E-state index contributed by atoms with van der Waals surface area (Å²) in [5.74, 6) is 1.20. The Morgan fingerprint density at radius 3 is 2.23 bits per heavy atom. The lowest BCUT2D eigenvalue weighted by Gasteiger charge is -2.18. The van der Waals surface area contributed by atoms with E-state index >= 15 is 0 Å². The standard InChI is InChI=1S/C11H22BrN/c1-5-10(12)9(4)6-7-11(13)8(2)3/h5,8-9,11H,6-7,13H2,1-4H3. The van der Waals surface area contributed by atoms with Crippen molar-refractivity contribution in [3.8, 4) is 0 Å². The number of halogens is 1. The Morgan fingerprint density at radius 1 is 1.31 bits per heavy atom. The molecule has 78 valence electrons. The molecule has 2 atom stereocenters. The first-order chi connectivity index (χ1) is 5.99. The van der Waals surface area contributed by atoms with Crippen LogP contribution in [0, 0.1) is 11.8 Å². The molecule has 0 saturated heterocycles. The van der Waals surface area contributed by atoms with E-state index in [1.54, 1.807) is 0 Å². The summed E-state index contributed by atoms with van der Waals surface area (Å²) in [5, 5.41) is 0. The Hall–Kier alpha value is 0.180. The van der Waals surface area contributed by atoms with E-state index in [2.05, 4.69) is 49.7 Å². The first-order valence-corrected chi connectivity index (χ1v) is 5.85. The van der Waals surface area contributed by atoms with E-state index in [1.807, 2.05) is 0 Å². The van der Waals surface area contributed by atoms with Gasteiger partial charge in [-0.25, -0.2) is 0 Å². The van der Waals surface area contributed by atoms with Gasteiger partial charge in [-0.15, -0.1) is 0 Å². The second-order valence-electron chi connectivity index (χ2n) is 4.06. The van der Waals surface area contributed by atoms with Crippen LogP contribution in [0.4, 0.5) is 0 Å². The molecule has 0 aliphatic heterocycles. The van der Waals surface area contributed by atoms with E-state index in [9.17, 15) is 0 Å². The zero-order valence-electron chi connectivity index (χ0n) is 9.18. The minimum atomic E-state index is 0.347. The maximum atomic E-state index is 5.97. The molecular weight excluding hydrogens is 226 g/mol. The molecule has 0 spiro atoms. The van der Waals surface area contributed by atoms with E-state index in [4.69, 9.17) is 5.73 Å². The third-order valence-corrected chi connectivity index (χ3v) is 3.78. The highest BCUT2D eigenvalue weighted by molar-refractivity contribution is 9.11. The molecule has 0 saturated carbocycles. The molecule has 0 rings (SSSR count). The number of allylic oxidation sites excluding steroid dienone is 2. The van der Waals surface area contributed by atoms with Crippen molar-refractivity contribution in [1.82, 2.24) is 0 Å². The Balaban J connectivity index is 3.76. The van der Waals surface area contributed by atoms with E-state index in [0.29, 0.717) is 17.9 Å². The average Bonchev–Trinajstić information content (AvgIpc) is 2.11. The highest BCUT2D eigenvalue weighted by atomic mass is 79.9. The van der Waals surface area contributed by atoms with Crippen molar-refractivity contribution in [3.63, 3.8) is 0 Å². The average molecular weight is 248 g/mol. The Bertz CT molecular complexity index is 163. The maximum absolute atomic E-state index is 5.97. The molecule has 0 amide bonds. The van der Waals surface area contributed by atoms with Gasteiger partial charge in [0.15, 0.2) is 0 Å². The summed E-state index contributed by atoms with van der Waals surface area (Å²) in [4.78, 5) is 0. The van der Waals surface area contributed by atoms with Gasteiger partial charge in [0.05, 0.1) is 0 Å². The summed E-state index contributed by atoms with van der Waals surface area (Å²) in [6.07, 6.45) is 4.40. The molecule has 0 aliphatic rings. The third kappa shape index (κ3) is 5.48. The Labute approximate surface area is 90.9 Å². The van der Waals surface area contributed by atoms with Crippen molar-refractivity contribution in [1.29, 1.82) is 0 Å².